The first kappa shape index (κ1) is 20.2. The number of ether oxygens (including phenoxy) is 1. The van der Waals surface area contributed by atoms with Crippen LogP contribution in [-0.4, -0.2) is 63.2 Å². The molecule has 1 fully saturated rings. The van der Waals surface area contributed by atoms with Gasteiger partial charge in [0.05, 0.1) is 6.10 Å². The molecule has 1 amide bonds. The average molecular weight is 364 g/mol. The number of carbonyl (C=O) groups excluding carboxylic acids is 1. The van der Waals surface area contributed by atoms with Crippen molar-refractivity contribution in [2.45, 2.75) is 31.8 Å². The molecule has 7 heteroatoms. The van der Waals surface area contributed by atoms with E-state index < -0.39 is 0 Å². The van der Waals surface area contributed by atoms with Gasteiger partial charge in [0, 0.05) is 33.8 Å². The lowest BCUT2D eigenvalue weighted by Gasteiger charge is -2.24. The summed E-state index contributed by atoms with van der Waals surface area (Å²) in [6.07, 6.45) is 4.24. The molecule has 0 aromatic heterocycles. The molecule has 1 aliphatic heterocycles. The Kier molecular flexibility index (Phi) is 8.34. The lowest BCUT2D eigenvalue weighted by molar-refractivity contribution is -0.127. The SMILES string of the molecule is CN(C)C(=O)CN=C(NCCc1ccc(F)cc1)NCC1CCCCO1. The number of aliphatic imine (C=N–C) groups is 1. The second kappa shape index (κ2) is 10.8. The lowest BCUT2D eigenvalue weighted by Crippen LogP contribution is -2.43. The summed E-state index contributed by atoms with van der Waals surface area (Å²) in [5.41, 5.74) is 1.04. The van der Waals surface area contributed by atoms with Crippen molar-refractivity contribution >= 4 is 11.9 Å². The zero-order chi connectivity index (χ0) is 18.8. The third kappa shape index (κ3) is 7.39. The molecule has 2 N–H and O–H groups in total. The summed E-state index contributed by atoms with van der Waals surface area (Å²) in [6.45, 7) is 2.19. The van der Waals surface area contributed by atoms with Crippen LogP contribution in [0.4, 0.5) is 4.39 Å². The van der Waals surface area contributed by atoms with Gasteiger partial charge in [0.15, 0.2) is 5.96 Å². The molecule has 1 unspecified atom stereocenters. The van der Waals surface area contributed by atoms with E-state index >= 15 is 0 Å². The van der Waals surface area contributed by atoms with Crippen LogP contribution in [0.5, 0.6) is 0 Å². The molecule has 1 aromatic carbocycles. The van der Waals surface area contributed by atoms with E-state index in [4.69, 9.17) is 4.74 Å². The molecule has 6 nitrogen and oxygen atoms in total. The molecule has 2 rings (SSSR count). The normalized spacial score (nSPS) is 17.7. The first-order valence-electron chi connectivity index (χ1n) is 9.13. The summed E-state index contributed by atoms with van der Waals surface area (Å²) in [5, 5.41) is 6.50. The molecule has 0 saturated carbocycles. The Bertz CT molecular complexity index is 584. The van der Waals surface area contributed by atoms with Gasteiger partial charge in [0.2, 0.25) is 5.91 Å². The summed E-state index contributed by atoms with van der Waals surface area (Å²) in [7, 11) is 3.42. The van der Waals surface area contributed by atoms with E-state index in [1.54, 1.807) is 26.2 Å². The van der Waals surface area contributed by atoms with E-state index in [2.05, 4.69) is 15.6 Å². The highest BCUT2D eigenvalue weighted by Crippen LogP contribution is 2.11. The Morgan fingerprint density at radius 2 is 2.04 bits per heavy atom. The monoisotopic (exact) mass is 364 g/mol. The molecule has 1 heterocycles. The maximum absolute atomic E-state index is 13.0. The molecular formula is C19H29FN4O2. The molecule has 0 spiro atoms. The summed E-state index contributed by atoms with van der Waals surface area (Å²) >= 11 is 0. The van der Waals surface area contributed by atoms with Gasteiger partial charge in [-0.1, -0.05) is 12.1 Å². The maximum Gasteiger partial charge on any atom is 0.243 e. The topological polar surface area (TPSA) is 66.0 Å². The van der Waals surface area contributed by atoms with Crippen LogP contribution in [0, 0.1) is 5.82 Å². The summed E-state index contributed by atoms with van der Waals surface area (Å²) in [5.74, 6) is 0.301. The number of rotatable bonds is 7. The largest absolute Gasteiger partial charge is 0.376 e. The van der Waals surface area contributed by atoms with Gasteiger partial charge >= 0.3 is 0 Å². The highest BCUT2D eigenvalue weighted by atomic mass is 19.1. The highest BCUT2D eigenvalue weighted by molar-refractivity contribution is 5.84. The second-order valence-electron chi connectivity index (χ2n) is 6.63. The number of guanidine groups is 1. The summed E-state index contributed by atoms with van der Waals surface area (Å²) in [6, 6.07) is 6.46. The van der Waals surface area contributed by atoms with Gasteiger partial charge in [-0.2, -0.15) is 0 Å². The molecule has 1 aromatic rings. The average Bonchev–Trinajstić information content (AvgIpc) is 2.65. The Morgan fingerprint density at radius 1 is 1.27 bits per heavy atom. The number of nitrogens with one attached hydrogen (secondary N) is 2. The van der Waals surface area contributed by atoms with E-state index in [9.17, 15) is 9.18 Å². The minimum atomic E-state index is -0.236. The number of carbonyl (C=O) groups is 1. The van der Waals surface area contributed by atoms with Gasteiger partial charge in [-0.25, -0.2) is 9.38 Å². The molecule has 1 saturated heterocycles. The summed E-state index contributed by atoms with van der Waals surface area (Å²) < 4.78 is 18.7. The Labute approximate surface area is 154 Å². The van der Waals surface area contributed by atoms with Crippen LogP contribution in [0.25, 0.3) is 0 Å². The van der Waals surface area contributed by atoms with Crippen molar-refractivity contribution in [2.24, 2.45) is 4.99 Å². The fourth-order valence-corrected chi connectivity index (χ4v) is 2.62. The van der Waals surface area contributed by atoms with Crippen molar-refractivity contribution in [3.63, 3.8) is 0 Å². The molecular weight excluding hydrogens is 335 g/mol. The van der Waals surface area contributed by atoms with Crippen molar-refractivity contribution in [2.75, 3.05) is 40.3 Å². The van der Waals surface area contributed by atoms with Gasteiger partial charge < -0.3 is 20.3 Å². The van der Waals surface area contributed by atoms with E-state index in [-0.39, 0.29) is 24.4 Å². The Balaban J connectivity index is 1.84. The van der Waals surface area contributed by atoms with Gasteiger partial charge in [-0.3, -0.25) is 4.79 Å². The third-order valence-corrected chi connectivity index (χ3v) is 4.26. The van der Waals surface area contributed by atoms with Crippen molar-refractivity contribution in [1.82, 2.24) is 15.5 Å². The van der Waals surface area contributed by atoms with E-state index in [0.717, 1.165) is 31.4 Å². The van der Waals surface area contributed by atoms with Crippen LogP contribution in [0.2, 0.25) is 0 Å². The zero-order valence-corrected chi connectivity index (χ0v) is 15.6. The molecule has 0 radical (unpaired) electrons. The number of nitrogens with zero attached hydrogens (tertiary/aromatic N) is 2. The van der Waals surface area contributed by atoms with Gasteiger partial charge in [-0.15, -0.1) is 0 Å². The van der Waals surface area contributed by atoms with Crippen molar-refractivity contribution in [1.29, 1.82) is 0 Å². The predicted octanol–water partition coefficient (Wildman–Crippen LogP) is 1.56. The van der Waals surface area contributed by atoms with Crippen LogP contribution in [0.3, 0.4) is 0 Å². The molecule has 26 heavy (non-hydrogen) atoms. The van der Waals surface area contributed by atoms with E-state index in [0.29, 0.717) is 19.0 Å². The first-order valence-corrected chi connectivity index (χ1v) is 9.13. The number of amides is 1. The minimum Gasteiger partial charge on any atom is -0.376 e. The Morgan fingerprint density at radius 3 is 2.69 bits per heavy atom. The number of likely N-dealkylation sites (N-methyl/N-ethyl adjacent to an activating group) is 1. The predicted molar refractivity (Wildman–Crippen MR) is 101 cm³/mol. The minimum absolute atomic E-state index is 0.0569. The molecule has 144 valence electrons. The third-order valence-electron chi connectivity index (χ3n) is 4.26. The van der Waals surface area contributed by atoms with Crippen LogP contribution in [0.15, 0.2) is 29.3 Å². The molecule has 0 aliphatic carbocycles. The fraction of sp³-hybridized carbons (Fsp3) is 0.579. The van der Waals surface area contributed by atoms with Gasteiger partial charge in [0.25, 0.3) is 0 Å². The standard InChI is InChI=1S/C19H29FN4O2/c1-24(2)18(25)14-23-19(22-13-17-5-3-4-12-26-17)21-11-10-15-6-8-16(20)9-7-15/h6-9,17H,3-5,10-14H2,1-2H3,(H2,21,22,23). The smallest absolute Gasteiger partial charge is 0.243 e. The first-order chi connectivity index (χ1) is 12.5. The molecule has 1 atom stereocenters. The zero-order valence-electron chi connectivity index (χ0n) is 15.6. The molecule has 1 aliphatic rings. The van der Waals surface area contributed by atoms with Crippen molar-refractivity contribution in [3.05, 3.63) is 35.6 Å². The second-order valence-corrected chi connectivity index (χ2v) is 6.63. The van der Waals surface area contributed by atoms with Gasteiger partial charge in [-0.05, 0) is 43.4 Å². The number of benzene rings is 1. The quantitative estimate of drug-likeness (QED) is 0.569. The maximum atomic E-state index is 13.0. The van der Waals surface area contributed by atoms with E-state index in [1.807, 2.05) is 0 Å². The number of hydrogen-bond donors (Lipinski definition) is 2. The Hall–Kier alpha value is -2.15. The van der Waals surface area contributed by atoms with Crippen molar-refractivity contribution in [3.8, 4) is 0 Å². The van der Waals surface area contributed by atoms with Gasteiger partial charge in [0.1, 0.15) is 12.4 Å². The lowest BCUT2D eigenvalue weighted by atomic mass is 10.1. The van der Waals surface area contributed by atoms with E-state index in [1.165, 1.54) is 23.5 Å². The van der Waals surface area contributed by atoms with Crippen LogP contribution < -0.4 is 10.6 Å². The molecule has 0 bridgehead atoms. The fourth-order valence-electron chi connectivity index (χ4n) is 2.62. The highest BCUT2D eigenvalue weighted by Gasteiger charge is 2.14. The van der Waals surface area contributed by atoms with Crippen LogP contribution in [0.1, 0.15) is 24.8 Å². The summed E-state index contributed by atoms with van der Waals surface area (Å²) in [4.78, 5) is 17.7. The van der Waals surface area contributed by atoms with Crippen molar-refractivity contribution < 1.29 is 13.9 Å². The number of hydrogen-bond acceptors (Lipinski definition) is 3. The van der Waals surface area contributed by atoms with Crippen LogP contribution >= 0.6 is 0 Å². The van der Waals surface area contributed by atoms with Crippen LogP contribution in [-0.2, 0) is 16.0 Å². The number of halogens is 1.